The predicted octanol–water partition coefficient (Wildman–Crippen LogP) is 1.70. The lowest BCUT2D eigenvalue weighted by molar-refractivity contribution is 0.132. The number of halogens is 1. The van der Waals surface area contributed by atoms with Gasteiger partial charge in [-0.25, -0.2) is 4.98 Å². The third-order valence-corrected chi connectivity index (χ3v) is 3.75. The summed E-state index contributed by atoms with van der Waals surface area (Å²) in [6.07, 6.45) is 2.31. The maximum absolute atomic E-state index is 9.33. The molecule has 90 valence electrons. The van der Waals surface area contributed by atoms with Crippen LogP contribution in [-0.4, -0.2) is 33.9 Å². The van der Waals surface area contributed by atoms with Gasteiger partial charge in [-0.1, -0.05) is 6.92 Å². The lowest BCUT2D eigenvalue weighted by Gasteiger charge is -2.30. The first-order valence-electron chi connectivity index (χ1n) is 5.19. The summed E-state index contributed by atoms with van der Waals surface area (Å²) < 4.78 is 0.856. The van der Waals surface area contributed by atoms with Crippen LogP contribution in [0.3, 0.4) is 0 Å². The van der Waals surface area contributed by atoms with E-state index < -0.39 is 5.54 Å². The highest BCUT2D eigenvalue weighted by atomic mass is 79.9. The first-order chi connectivity index (χ1) is 7.58. The Morgan fingerprint density at radius 3 is 2.56 bits per heavy atom. The third-order valence-electron chi connectivity index (χ3n) is 2.75. The summed E-state index contributed by atoms with van der Waals surface area (Å²) in [4.78, 5) is 4.19. The van der Waals surface area contributed by atoms with Gasteiger partial charge in [0.05, 0.1) is 23.2 Å². The molecule has 1 aromatic rings. The van der Waals surface area contributed by atoms with Crippen molar-refractivity contribution in [2.45, 2.75) is 25.8 Å². The van der Waals surface area contributed by atoms with Crippen LogP contribution in [0.1, 0.15) is 18.9 Å². The van der Waals surface area contributed by atoms with E-state index in [-0.39, 0.29) is 13.2 Å². The number of aliphatic hydroxyl groups is 2. The average Bonchev–Trinajstić information content (AvgIpc) is 2.32. The molecule has 0 fully saturated rings. The molecular weight excluding hydrogens is 272 g/mol. The van der Waals surface area contributed by atoms with E-state index in [1.54, 1.807) is 6.20 Å². The van der Waals surface area contributed by atoms with E-state index in [2.05, 4.69) is 26.2 Å². The minimum atomic E-state index is -0.719. The fourth-order valence-corrected chi connectivity index (χ4v) is 1.65. The summed E-state index contributed by atoms with van der Waals surface area (Å²) in [6, 6.07) is 1.89. The fourth-order valence-electron chi connectivity index (χ4n) is 1.32. The molecular formula is C11H17BrN2O2. The molecule has 1 heterocycles. The smallest absolute Gasteiger partial charge is 0.141 e. The van der Waals surface area contributed by atoms with E-state index in [1.165, 1.54) is 0 Å². The molecule has 5 heteroatoms. The lowest BCUT2D eigenvalue weighted by atomic mass is 9.98. The summed E-state index contributed by atoms with van der Waals surface area (Å²) >= 11 is 3.43. The van der Waals surface area contributed by atoms with Gasteiger partial charge in [0.15, 0.2) is 0 Å². The molecule has 4 nitrogen and oxygen atoms in total. The van der Waals surface area contributed by atoms with Gasteiger partial charge in [-0.2, -0.15) is 0 Å². The maximum Gasteiger partial charge on any atom is 0.141 e. The Morgan fingerprint density at radius 1 is 1.44 bits per heavy atom. The lowest BCUT2D eigenvalue weighted by Crippen LogP contribution is -2.45. The Hall–Kier alpha value is -0.650. The molecule has 0 unspecified atom stereocenters. The van der Waals surface area contributed by atoms with Crippen LogP contribution < -0.4 is 5.32 Å². The number of rotatable bonds is 5. The van der Waals surface area contributed by atoms with Crippen molar-refractivity contribution in [1.82, 2.24) is 4.98 Å². The van der Waals surface area contributed by atoms with E-state index in [4.69, 9.17) is 0 Å². The standard InChI is InChI=1S/C11H17BrN2O2/c1-3-11(6-15,7-16)14-10-9(12)8(2)4-5-13-10/h4-5,15-16H,3,6-7H2,1-2H3,(H,13,14). The van der Waals surface area contributed by atoms with Crippen molar-refractivity contribution in [3.63, 3.8) is 0 Å². The van der Waals surface area contributed by atoms with Gasteiger partial charge >= 0.3 is 0 Å². The monoisotopic (exact) mass is 288 g/mol. The molecule has 3 N–H and O–H groups in total. The normalized spacial score (nSPS) is 11.6. The Balaban J connectivity index is 2.98. The van der Waals surface area contributed by atoms with E-state index in [9.17, 15) is 10.2 Å². The Kier molecular flexibility index (Phi) is 4.70. The van der Waals surface area contributed by atoms with Crippen LogP contribution >= 0.6 is 15.9 Å². The van der Waals surface area contributed by atoms with Crippen LogP contribution in [0.25, 0.3) is 0 Å². The van der Waals surface area contributed by atoms with Crippen LogP contribution in [0, 0.1) is 6.92 Å². The highest BCUT2D eigenvalue weighted by molar-refractivity contribution is 9.10. The van der Waals surface area contributed by atoms with Crippen LogP contribution in [0.5, 0.6) is 0 Å². The third kappa shape index (κ3) is 2.72. The van der Waals surface area contributed by atoms with Crippen molar-refractivity contribution in [1.29, 1.82) is 0 Å². The number of anilines is 1. The van der Waals surface area contributed by atoms with Crippen LogP contribution in [0.2, 0.25) is 0 Å². The zero-order valence-corrected chi connectivity index (χ0v) is 11.1. The number of nitrogens with one attached hydrogen (secondary N) is 1. The van der Waals surface area contributed by atoms with Gasteiger partial charge in [0.2, 0.25) is 0 Å². The molecule has 0 bridgehead atoms. The molecule has 1 rings (SSSR count). The Labute approximate surface area is 104 Å². The zero-order chi connectivity index (χ0) is 12.2. The first kappa shape index (κ1) is 13.4. The maximum atomic E-state index is 9.33. The number of hydrogen-bond donors (Lipinski definition) is 3. The molecule has 0 saturated heterocycles. The van der Waals surface area contributed by atoms with E-state index in [0.717, 1.165) is 10.0 Å². The van der Waals surface area contributed by atoms with Gasteiger partial charge in [-0.05, 0) is 40.9 Å². The summed E-state index contributed by atoms with van der Waals surface area (Å²) in [5.74, 6) is 0.643. The van der Waals surface area contributed by atoms with Gasteiger partial charge in [-0.3, -0.25) is 0 Å². The quantitative estimate of drug-likeness (QED) is 0.772. The predicted molar refractivity (Wildman–Crippen MR) is 67.5 cm³/mol. The van der Waals surface area contributed by atoms with Crippen molar-refractivity contribution >= 4 is 21.7 Å². The van der Waals surface area contributed by atoms with Gasteiger partial charge in [0.1, 0.15) is 5.82 Å². The van der Waals surface area contributed by atoms with E-state index >= 15 is 0 Å². The topological polar surface area (TPSA) is 65.4 Å². The first-order valence-corrected chi connectivity index (χ1v) is 5.99. The molecule has 0 aliphatic heterocycles. The Bertz CT molecular complexity index is 346. The molecule has 16 heavy (non-hydrogen) atoms. The summed E-state index contributed by atoms with van der Waals surface area (Å²) in [5, 5.41) is 21.8. The number of aryl methyl sites for hydroxylation is 1. The minimum Gasteiger partial charge on any atom is -0.394 e. The van der Waals surface area contributed by atoms with Crippen molar-refractivity contribution in [2.75, 3.05) is 18.5 Å². The molecule has 0 aliphatic rings. The summed E-state index contributed by atoms with van der Waals surface area (Å²) in [6.45, 7) is 3.59. The Morgan fingerprint density at radius 2 is 2.06 bits per heavy atom. The van der Waals surface area contributed by atoms with Crippen LogP contribution in [0.4, 0.5) is 5.82 Å². The van der Waals surface area contributed by atoms with Gasteiger partial charge in [-0.15, -0.1) is 0 Å². The zero-order valence-electron chi connectivity index (χ0n) is 9.50. The SMILES string of the molecule is CCC(CO)(CO)Nc1nccc(C)c1Br. The van der Waals surface area contributed by atoms with Gasteiger partial charge in [0.25, 0.3) is 0 Å². The number of aromatic nitrogens is 1. The van der Waals surface area contributed by atoms with Crippen molar-refractivity contribution in [3.8, 4) is 0 Å². The minimum absolute atomic E-state index is 0.137. The molecule has 0 atom stereocenters. The van der Waals surface area contributed by atoms with E-state index in [1.807, 2.05) is 19.9 Å². The fraction of sp³-hybridized carbons (Fsp3) is 0.545. The second-order valence-corrected chi connectivity index (χ2v) is 4.66. The number of hydrogen-bond acceptors (Lipinski definition) is 4. The molecule has 0 saturated carbocycles. The highest BCUT2D eigenvalue weighted by Gasteiger charge is 2.27. The average molecular weight is 289 g/mol. The van der Waals surface area contributed by atoms with Crippen molar-refractivity contribution < 1.29 is 10.2 Å². The van der Waals surface area contributed by atoms with Gasteiger partial charge < -0.3 is 15.5 Å². The van der Waals surface area contributed by atoms with Crippen LogP contribution in [0.15, 0.2) is 16.7 Å². The highest BCUT2D eigenvalue weighted by Crippen LogP contribution is 2.26. The molecule has 0 spiro atoms. The largest absolute Gasteiger partial charge is 0.394 e. The number of pyridine rings is 1. The number of aliphatic hydroxyl groups excluding tert-OH is 2. The number of nitrogens with zero attached hydrogens (tertiary/aromatic N) is 1. The van der Waals surface area contributed by atoms with Crippen molar-refractivity contribution in [3.05, 3.63) is 22.3 Å². The second kappa shape index (κ2) is 5.61. The van der Waals surface area contributed by atoms with Crippen molar-refractivity contribution in [2.24, 2.45) is 0 Å². The summed E-state index contributed by atoms with van der Waals surface area (Å²) in [7, 11) is 0. The second-order valence-electron chi connectivity index (χ2n) is 3.87. The molecule has 1 aromatic heterocycles. The molecule has 0 amide bonds. The van der Waals surface area contributed by atoms with E-state index in [0.29, 0.717) is 12.2 Å². The molecule has 0 aromatic carbocycles. The summed E-state index contributed by atoms with van der Waals surface area (Å²) in [5.41, 5.74) is 0.335. The molecule has 0 aliphatic carbocycles. The van der Waals surface area contributed by atoms with Gasteiger partial charge in [0, 0.05) is 6.20 Å². The van der Waals surface area contributed by atoms with Crippen LogP contribution in [-0.2, 0) is 0 Å². The molecule has 0 radical (unpaired) electrons.